The molecule has 0 aliphatic heterocycles. The van der Waals surface area contributed by atoms with Gasteiger partial charge in [-0.25, -0.2) is 0 Å². The molecule has 0 atom stereocenters. The average molecular weight is 236 g/mol. The normalized spacial score (nSPS) is 9.81. The molecule has 1 aromatic rings. The SMILES string of the molecule is COc1ccc(CSCCCN)cc1C#N. The highest BCUT2D eigenvalue weighted by atomic mass is 32.2. The Kier molecular flexibility index (Phi) is 5.76. The van der Waals surface area contributed by atoms with Crippen LogP contribution in [-0.2, 0) is 5.75 Å². The van der Waals surface area contributed by atoms with E-state index in [9.17, 15) is 0 Å². The van der Waals surface area contributed by atoms with Crippen LogP contribution in [0.2, 0.25) is 0 Å². The second-order valence-electron chi connectivity index (χ2n) is 3.34. The van der Waals surface area contributed by atoms with Gasteiger partial charge in [0.2, 0.25) is 0 Å². The van der Waals surface area contributed by atoms with Crippen LogP contribution in [0, 0.1) is 11.3 Å². The van der Waals surface area contributed by atoms with Crippen molar-refractivity contribution in [3.8, 4) is 11.8 Å². The summed E-state index contributed by atoms with van der Waals surface area (Å²) in [6, 6.07) is 7.86. The molecule has 0 aliphatic carbocycles. The standard InChI is InChI=1S/C12H16N2OS/c1-15-12-4-3-10(7-11(12)8-14)9-16-6-2-5-13/h3-4,7H,2,5-6,9,13H2,1H3. The molecule has 0 aromatic heterocycles. The molecule has 4 heteroatoms. The molecule has 0 fully saturated rings. The van der Waals surface area contributed by atoms with E-state index in [1.807, 2.05) is 30.0 Å². The molecule has 0 amide bonds. The third kappa shape index (κ3) is 3.76. The summed E-state index contributed by atoms with van der Waals surface area (Å²) in [4.78, 5) is 0. The molecule has 0 radical (unpaired) electrons. The van der Waals surface area contributed by atoms with Crippen molar-refractivity contribution < 1.29 is 4.74 Å². The van der Waals surface area contributed by atoms with Gasteiger partial charge in [-0.2, -0.15) is 17.0 Å². The molecule has 0 spiro atoms. The quantitative estimate of drug-likeness (QED) is 0.769. The third-order valence-electron chi connectivity index (χ3n) is 2.15. The minimum Gasteiger partial charge on any atom is -0.495 e. The lowest BCUT2D eigenvalue weighted by atomic mass is 10.1. The van der Waals surface area contributed by atoms with E-state index in [1.165, 1.54) is 0 Å². The smallest absolute Gasteiger partial charge is 0.136 e. The van der Waals surface area contributed by atoms with Gasteiger partial charge < -0.3 is 10.5 Å². The number of rotatable bonds is 6. The van der Waals surface area contributed by atoms with Gasteiger partial charge in [0.25, 0.3) is 0 Å². The molecule has 1 aromatic carbocycles. The van der Waals surface area contributed by atoms with Gasteiger partial charge >= 0.3 is 0 Å². The lowest BCUT2D eigenvalue weighted by Gasteiger charge is -2.05. The van der Waals surface area contributed by atoms with E-state index in [-0.39, 0.29) is 0 Å². The summed E-state index contributed by atoms with van der Waals surface area (Å²) < 4.78 is 5.09. The second kappa shape index (κ2) is 7.15. The van der Waals surface area contributed by atoms with Crippen LogP contribution >= 0.6 is 11.8 Å². The fourth-order valence-electron chi connectivity index (χ4n) is 1.31. The maximum atomic E-state index is 8.93. The van der Waals surface area contributed by atoms with Gasteiger partial charge in [-0.05, 0) is 36.4 Å². The molecule has 0 unspecified atom stereocenters. The van der Waals surface area contributed by atoms with Crippen LogP contribution in [0.5, 0.6) is 5.75 Å². The molecular weight excluding hydrogens is 220 g/mol. The summed E-state index contributed by atoms with van der Waals surface area (Å²) in [6.07, 6.45) is 1.03. The topological polar surface area (TPSA) is 59.0 Å². The number of nitrogens with two attached hydrogens (primary N) is 1. The summed E-state index contributed by atoms with van der Waals surface area (Å²) in [7, 11) is 1.58. The highest BCUT2D eigenvalue weighted by Gasteiger charge is 2.03. The average Bonchev–Trinajstić information content (AvgIpc) is 2.34. The molecule has 0 saturated heterocycles. The molecule has 1 rings (SSSR count). The van der Waals surface area contributed by atoms with E-state index in [0.29, 0.717) is 11.3 Å². The fourth-order valence-corrected chi connectivity index (χ4v) is 2.24. The first-order valence-electron chi connectivity index (χ1n) is 5.16. The Labute approximate surface area is 101 Å². The van der Waals surface area contributed by atoms with Gasteiger partial charge in [0, 0.05) is 5.75 Å². The largest absolute Gasteiger partial charge is 0.495 e. The van der Waals surface area contributed by atoms with Crippen molar-refractivity contribution in [2.75, 3.05) is 19.4 Å². The molecule has 2 N–H and O–H groups in total. The molecule has 3 nitrogen and oxygen atoms in total. The Hall–Kier alpha value is -1.18. The van der Waals surface area contributed by atoms with Crippen molar-refractivity contribution in [1.29, 1.82) is 5.26 Å². The predicted molar refractivity (Wildman–Crippen MR) is 67.5 cm³/mol. The Morgan fingerprint density at radius 2 is 2.31 bits per heavy atom. The van der Waals surface area contributed by atoms with Crippen molar-refractivity contribution in [2.24, 2.45) is 5.73 Å². The maximum Gasteiger partial charge on any atom is 0.136 e. The minimum atomic E-state index is 0.597. The van der Waals surface area contributed by atoms with Crippen LogP contribution in [0.3, 0.4) is 0 Å². The number of nitrogens with zero attached hydrogens (tertiary/aromatic N) is 1. The van der Waals surface area contributed by atoms with E-state index < -0.39 is 0 Å². The molecule has 16 heavy (non-hydrogen) atoms. The van der Waals surface area contributed by atoms with E-state index >= 15 is 0 Å². The van der Waals surface area contributed by atoms with Gasteiger partial charge in [0.1, 0.15) is 11.8 Å². The number of methoxy groups -OCH3 is 1. The van der Waals surface area contributed by atoms with Crippen LogP contribution in [0.1, 0.15) is 17.5 Å². The molecule has 0 bridgehead atoms. The number of ether oxygens (including phenoxy) is 1. The maximum absolute atomic E-state index is 8.93. The lowest BCUT2D eigenvalue weighted by molar-refractivity contribution is 0.413. The number of nitriles is 1. The lowest BCUT2D eigenvalue weighted by Crippen LogP contribution is -1.99. The summed E-state index contributed by atoms with van der Waals surface area (Å²) >= 11 is 1.83. The van der Waals surface area contributed by atoms with Crippen molar-refractivity contribution in [3.05, 3.63) is 29.3 Å². The number of benzene rings is 1. The predicted octanol–water partition coefficient (Wildman–Crippen LogP) is 2.15. The molecule has 0 heterocycles. The van der Waals surface area contributed by atoms with Crippen LogP contribution < -0.4 is 10.5 Å². The van der Waals surface area contributed by atoms with Crippen molar-refractivity contribution in [1.82, 2.24) is 0 Å². The summed E-state index contributed by atoms with van der Waals surface area (Å²) in [6.45, 7) is 0.735. The zero-order valence-corrected chi connectivity index (χ0v) is 10.2. The summed E-state index contributed by atoms with van der Waals surface area (Å²) in [5.74, 6) is 2.61. The zero-order valence-electron chi connectivity index (χ0n) is 9.40. The minimum absolute atomic E-state index is 0.597. The first kappa shape index (κ1) is 12.9. The Bertz CT molecular complexity index is 374. The monoisotopic (exact) mass is 236 g/mol. The second-order valence-corrected chi connectivity index (χ2v) is 4.45. The van der Waals surface area contributed by atoms with Crippen molar-refractivity contribution in [2.45, 2.75) is 12.2 Å². The Balaban J connectivity index is 2.58. The Morgan fingerprint density at radius 3 is 2.94 bits per heavy atom. The summed E-state index contributed by atoms with van der Waals surface area (Å²) in [5, 5.41) is 8.93. The number of thioether (sulfide) groups is 1. The molecule has 0 saturated carbocycles. The van der Waals surface area contributed by atoms with E-state index in [0.717, 1.165) is 30.0 Å². The molecule has 0 aliphatic rings. The Morgan fingerprint density at radius 1 is 1.50 bits per heavy atom. The number of hydrogen-bond acceptors (Lipinski definition) is 4. The first-order chi connectivity index (χ1) is 7.81. The van der Waals surface area contributed by atoms with Crippen molar-refractivity contribution in [3.63, 3.8) is 0 Å². The third-order valence-corrected chi connectivity index (χ3v) is 3.26. The highest BCUT2D eigenvalue weighted by Crippen LogP contribution is 2.21. The van der Waals surface area contributed by atoms with Crippen LogP contribution in [0.4, 0.5) is 0 Å². The van der Waals surface area contributed by atoms with Gasteiger partial charge in [-0.15, -0.1) is 0 Å². The number of hydrogen-bond donors (Lipinski definition) is 1. The van der Waals surface area contributed by atoms with E-state index in [1.54, 1.807) is 7.11 Å². The van der Waals surface area contributed by atoms with E-state index in [4.69, 9.17) is 15.7 Å². The van der Waals surface area contributed by atoms with E-state index in [2.05, 4.69) is 6.07 Å². The van der Waals surface area contributed by atoms with Gasteiger partial charge in [-0.1, -0.05) is 6.07 Å². The van der Waals surface area contributed by atoms with Crippen LogP contribution in [0.25, 0.3) is 0 Å². The summed E-state index contributed by atoms with van der Waals surface area (Å²) in [5.41, 5.74) is 7.17. The first-order valence-corrected chi connectivity index (χ1v) is 6.32. The van der Waals surface area contributed by atoms with Crippen molar-refractivity contribution >= 4 is 11.8 Å². The van der Waals surface area contributed by atoms with Crippen LogP contribution in [0.15, 0.2) is 18.2 Å². The zero-order chi connectivity index (χ0) is 11.8. The fraction of sp³-hybridized carbons (Fsp3) is 0.417. The molecule has 86 valence electrons. The van der Waals surface area contributed by atoms with Gasteiger partial charge in [-0.3, -0.25) is 0 Å². The molecular formula is C12H16N2OS. The highest BCUT2D eigenvalue weighted by molar-refractivity contribution is 7.98. The van der Waals surface area contributed by atoms with Crippen LogP contribution in [-0.4, -0.2) is 19.4 Å². The van der Waals surface area contributed by atoms with Gasteiger partial charge in [0.05, 0.1) is 12.7 Å². The van der Waals surface area contributed by atoms with Gasteiger partial charge in [0.15, 0.2) is 0 Å².